The van der Waals surface area contributed by atoms with Gasteiger partial charge in [-0.15, -0.1) is 0 Å². The molecule has 112 valence electrons. The van der Waals surface area contributed by atoms with Crippen molar-refractivity contribution in [3.8, 4) is 0 Å². The van der Waals surface area contributed by atoms with Gasteiger partial charge in [0.1, 0.15) is 0 Å². The van der Waals surface area contributed by atoms with Gasteiger partial charge in [-0.1, -0.05) is 51.9 Å². The van der Waals surface area contributed by atoms with E-state index in [9.17, 15) is 0 Å². The van der Waals surface area contributed by atoms with Crippen molar-refractivity contribution in [2.45, 2.75) is 103 Å². The number of nitrogens with one attached hydrogen (secondary N) is 1. The lowest BCUT2D eigenvalue weighted by Crippen LogP contribution is -2.40. The summed E-state index contributed by atoms with van der Waals surface area (Å²) in [7, 11) is 0. The van der Waals surface area contributed by atoms with E-state index in [1.165, 1.54) is 77.0 Å². The molecule has 2 saturated carbocycles. The lowest BCUT2D eigenvalue weighted by atomic mass is 9.91. The normalized spacial score (nSPS) is 32.5. The van der Waals surface area contributed by atoms with Crippen LogP contribution in [0.3, 0.4) is 0 Å². The zero-order chi connectivity index (χ0) is 13.5. The van der Waals surface area contributed by atoms with E-state index < -0.39 is 0 Å². The Hall–Kier alpha value is -0.0400. The monoisotopic (exact) mass is 265 g/mol. The minimum Gasteiger partial charge on any atom is -0.311 e. The van der Waals surface area contributed by atoms with Crippen LogP contribution in [0.5, 0.6) is 0 Å². The van der Waals surface area contributed by atoms with E-state index in [0.29, 0.717) is 0 Å². The Balaban J connectivity index is 1.75. The highest BCUT2D eigenvalue weighted by Gasteiger charge is 2.23. The first-order valence-electron chi connectivity index (χ1n) is 9.05. The van der Waals surface area contributed by atoms with Gasteiger partial charge in [0.2, 0.25) is 0 Å². The number of hydrogen-bond acceptors (Lipinski definition) is 1. The molecule has 0 aromatic heterocycles. The van der Waals surface area contributed by atoms with Crippen LogP contribution in [0.15, 0.2) is 0 Å². The summed E-state index contributed by atoms with van der Waals surface area (Å²) in [5.41, 5.74) is 0. The van der Waals surface area contributed by atoms with E-state index in [-0.39, 0.29) is 0 Å². The van der Waals surface area contributed by atoms with Crippen molar-refractivity contribution >= 4 is 0 Å². The summed E-state index contributed by atoms with van der Waals surface area (Å²) in [6.45, 7) is 4.82. The Labute approximate surface area is 120 Å². The zero-order valence-corrected chi connectivity index (χ0v) is 13.3. The van der Waals surface area contributed by atoms with E-state index in [0.717, 1.165) is 23.9 Å². The molecule has 0 aromatic rings. The van der Waals surface area contributed by atoms with Gasteiger partial charge in [-0.3, -0.25) is 0 Å². The Bertz CT molecular complexity index is 230. The molecule has 1 nitrogen and oxygen atoms in total. The van der Waals surface area contributed by atoms with Crippen molar-refractivity contribution in [1.82, 2.24) is 5.32 Å². The van der Waals surface area contributed by atoms with Crippen molar-refractivity contribution < 1.29 is 0 Å². The third-order valence-corrected chi connectivity index (χ3v) is 5.77. The molecule has 0 saturated heterocycles. The molecular weight excluding hydrogens is 230 g/mol. The molecule has 0 aromatic carbocycles. The smallest absolute Gasteiger partial charge is 0.00697 e. The zero-order valence-electron chi connectivity index (χ0n) is 13.3. The molecule has 2 aliphatic rings. The van der Waals surface area contributed by atoms with Gasteiger partial charge in [0.15, 0.2) is 0 Å². The molecule has 2 fully saturated rings. The van der Waals surface area contributed by atoms with Crippen molar-refractivity contribution in [2.24, 2.45) is 11.8 Å². The predicted molar refractivity (Wildman–Crippen MR) is 84.4 cm³/mol. The Morgan fingerprint density at radius 2 is 1.58 bits per heavy atom. The fourth-order valence-electron chi connectivity index (χ4n) is 4.27. The molecule has 1 heteroatoms. The van der Waals surface area contributed by atoms with E-state index in [4.69, 9.17) is 0 Å². The van der Waals surface area contributed by atoms with Crippen LogP contribution in [0.1, 0.15) is 90.9 Å². The summed E-state index contributed by atoms with van der Waals surface area (Å²) in [6, 6.07) is 1.57. The second-order valence-electron chi connectivity index (χ2n) is 7.19. The molecule has 0 amide bonds. The van der Waals surface area contributed by atoms with Crippen LogP contribution in [-0.4, -0.2) is 12.1 Å². The molecule has 1 N–H and O–H groups in total. The Morgan fingerprint density at radius 3 is 2.26 bits per heavy atom. The molecule has 19 heavy (non-hydrogen) atoms. The van der Waals surface area contributed by atoms with Crippen LogP contribution in [0, 0.1) is 11.8 Å². The predicted octanol–water partition coefficient (Wildman–Crippen LogP) is 5.29. The minimum atomic E-state index is 0.751. The molecular formula is C18H35N. The summed E-state index contributed by atoms with van der Waals surface area (Å²) in [6.07, 6.45) is 17.5. The van der Waals surface area contributed by atoms with Crippen molar-refractivity contribution in [1.29, 1.82) is 0 Å². The maximum absolute atomic E-state index is 4.00. The number of hydrogen-bond donors (Lipinski definition) is 1. The van der Waals surface area contributed by atoms with E-state index in [1.807, 2.05) is 0 Å². The lowest BCUT2D eigenvalue weighted by molar-refractivity contribution is 0.294. The van der Waals surface area contributed by atoms with Gasteiger partial charge in [-0.2, -0.15) is 0 Å². The Morgan fingerprint density at radius 1 is 0.842 bits per heavy atom. The molecule has 2 aliphatic carbocycles. The summed E-state index contributed by atoms with van der Waals surface area (Å²) in [4.78, 5) is 0. The molecule has 2 unspecified atom stereocenters. The second kappa shape index (κ2) is 8.29. The van der Waals surface area contributed by atoms with Crippen molar-refractivity contribution in [3.63, 3.8) is 0 Å². The topological polar surface area (TPSA) is 12.0 Å². The molecule has 2 rings (SSSR count). The highest BCUT2D eigenvalue weighted by Crippen LogP contribution is 2.28. The van der Waals surface area contributed by atoms with Crippen LogP contribution in [-0.2, 0) is 0 Å². The fourth-order valence-corrected chi connectivity index (χ4v) is 4.27. The molecule has 3 atom stereocenters. The van der Waals surface area contributed by atoms with E-state index >= 15 is 0 Å². The standard InChI is InChI=1S/C18H35N/c1-3-16-9-8-12-18(14-13-16)19-15(2)17-10-6-4-5-7-11-17/h15-19H,3-14H2,1-2H3/t15-,16?,18?/m0/s1. The Kier molecular flexibility index (Phi) is 6.70. The lowest BCUT2D eigenvalue weighted by Gasteiger charge is -2.28. The summed E-state index contributed by atoms with van der Waals surface area (Å²) in [5, 5.41) is 4.00. The quantitative estimate of drug-likeness (QED) is 0.681. The number of rotatable bonds is 4. The van der Waals surface area contributed by atoms with Crippen LogP contribution < -0.4 is 5.32 Å². The maximum atomic E-state index is 4.00. The summed E-state index contributed by atoms with van der Waals surface area (Å²) >= 11 is 0. The van der Waals surface area contributed by atoms with Crippen molar-refractivity contribution in [2.75, 3.05) is 0 Å². The maximum Gasteiger partial charge on any atom is 0.00697 e. The van der Waals surface area contributed by atoms with Gasteiger partial charge < -0.3 is 5.32 Å². The van der Waals surface area contributed by atoms with Crippen LogP contribution >= 0.6 is 0 Å². The van der Waals surface area contributed by atoms with Gasteiger partial charge in [-0.05, 0) is 50.9 Å². The van der Waals surface area contributed by atoms with E-state index in [1.54, 1.807) is 0 Å². The average Bonchev–Trinajstić information content (AvgIpc) is 2.80. The molecule has 0 heterocycles. The van der Waals surface area contributed by atoms with Gasteiger partial charge in [0, 0.05) is 12.1 Å². The van der Waals surface area contributed by atoms with Gasteiger partial charge >= 0.3 is 0 Å². The first kappa shape index (κ1) is 15.4. The minimum absolute atomic E-state index is 0.751. The first-order chi connectivity index (χ1) is 9.29. The first-order valence-corrected chi connectivity index (χ1v) is 9.05. The van der Waals surface area contributed by atoms with Crippen LogP contribution in [0.4, 0.5) is 0 Å². The third-order valence-electron chi connectivity index (χ3n) is 5.77. The summed E-state index contributed by atoms with van der Waals surface area (Å²) < 4.78 is 0. The second-order valence-corrected chi connectivity index (χ2v) is 7.19. The van der Waals surface area contributed by atoms with Gasteiger partial charge in [0.25, 0.3) is 0 Å². The van der Waals surface area contributed by atoms with Crippen LogP contribution in [0.2, 0.25) is 0 Å². The SMILES string of the molecule is CCC1CCCC(N[C@@H](C)C2CCCCCC2)CC1. The highest BCUT2D eigenvalue weighted by molar-refractivity contribution is 4.81. The molecule has 0 aliphatic heterocycles. The fraction of sp³-hybridized carbons (Fsp3) is 1.00. The van der Waals surface area contributed by atoms with Crippen LogP contribution in [0.25, 0.3) is 0 Å². The summed E-state index contributed by atoms with van der Waals surface area (Å²) in [5.74, 6) is 1.97. The highest BCUT2D eigenvalue weighted by atomic mass is 14.9. The van der Waals surface area contributed by atoms with Gasteiger partial charge in [-0.25, -0.2) is 0 Å². The van der Waals surface area contributed by atoms with E-state index in [2.05, 4.69) is 19.2 Å². The molecule has 0 bridgehead atoms. The van der Waals surface area contributed by atoms with Gasteiger partial charge in [0.05, 0.1) is 0 Å². The molecule has 0 radical (unpaired) electrons. The largest absolute Gasteiger partial charge is 0.311 e. The third kappa shape index (κ3) is 5.10. The molecule has 0 spiro atoms. The van der Waals surface area contributed by atoms with Crippen molar-refractivity contribution in [3.05, 3.63) is 0 Å². The average molecular weight is 265 g/mol.